The van der Waals surface area contributed by atoms with Crippen LogP contribution in [-0.4, -0.2) is 36.8 Å². The molecule has 100 valence electrons. The van der Waals surface area contributed by atoms with Crippen LogP contribution in [-0.2, 0) is 20.8 Å². The third-order valence-corrected chi connectivity index (χ3v) is 3.35. The minimum atomic E-state index is -0.742. The Bertz CT molecular complexity index is 393. The lowest BCUT2D eigenvalue weighted by Gasteiger charge is -2.19. The first kappa shape index (κ1) is 13.5. The monoisotopic (exact) mass is 252 g/mol. The minimum absolute atomic E-state index is 0.172. The van der Waals surface area contributed by atoms with Crippen LogP contribution in [0.2, 0.25) is 0 Å². The summed E-state index contributed by atoms with van der Waals surface area (Å²) in [5.74, 6) is 0. The van der Waals surface area contributed by atoms with Gasteiger partial charge in [-0.25, -0.2) is 0 Å². The molecule has 4 heteroatoms. The molecule has 0 aliphatic carbocycles. The van der Waals surface area contributed by atoms with Crippen LogP contribution >= 0.6 is 0 Å². The van der Waals surface area contributed by atoms with E-state index in [1.165, 1.54) is 12.7 Å². The maximum Gasteiger partial charge on any atom is 0.186 e. The van der Waals surface area contributed by atoms with Crippen LogP contribution < -0.4 is 0 Å². The Morgan fingerprint density at radius 3 is 2.67 bits per heavy atom. The van der Waals surface area contributed by atoms with Gasteiger partial charge in [0.05, 0.1) is 12.7 Å². The Labute approximate surface area is 107 Å². The van der Waals surface area contributed by atoms with Crippen molar-refractivity contribution >= 4 is 0 Å². The van der Waals surface area contributed by atoms with Crippen LogP contribution in [0, 0.1) is 6.92 Å². The molecule has 0 radical (unpaired) electrons. The molecule has 2 rings (SSSR count). The van der Waals surface area contributed by atoms with Gasteiger partial charge in [-0.2, -0.15) is 0 Å². The number of rotatable bonds is 4. The van der Waals surface area contributed by atoms with Crippen molar-refractivity contribution in [2.45, 2.75) is 45.1 Å². The van der Waals surface area contributed by atoms with Gasteiger partial charge >= 0.3 is 0 Å². The SMILES string of the molecule is COC1O[C@H](C)[C@H](OCc2ccccc2C)[C@H]1O. The van der Waals surface area contributed by atoms with Crippen molar-refractivity contribution in [1.29, 1.82) is 0 Å². The molecule has 18 heavy (non-hydrogen) atoms. The predicted octanol–water partition coefficient (Wildman–Crippen LogP) is 1.63. The zero-order chi connectivity index (χ0) is 13.1. The van der Waals surface area contributed by atoms with Crippen molar-refractivity contribution in [2.24, 2.45) is 0 Å². The van der Waals surface area contributed by atoms with Gasteiger partial charge in [-0.15, -0.1) is 0 Å². The van der Waals surface area contributed by atoms with E-state index in [1.54, 1.807) is 0 Å². The van der Waals surface area contributed by atoms with Crippen LogP contribution in [0.25, 0.3) is 0 Å². The second-order valence-corrected chi connectivity index (χ2v) is 4.64. The quantitative estimate of drug-likeness (QED) is 0.885. The van der Waals surface area contributed by atoms with Crippen LogP contribution in [0.1, 0.15) is 18.1 Å². The number of benzene rings is 1. The molecule has 0 amide bonds. The van der Waals surface area contributed by atoms with E-state index in [9.17, 15) is 5.11 Å². The number of methoxy groups -OCH3 is 1. The van der Waals surface area contributed by atoms with Crippen LogP contribution in [0.15, 0.2) is 24.3 Å². The Morgan fingerprint density at radius 2 is 2.06 bits per heavy atom. The molecule has 0 aromatic heterocycles. The van der Waals surface area contributed by atoms with Gasteiger partial charge in [0.2, 0.25) is 0 Å². The third-order valence-electron chi connectivity index (χ3n) is 3.35. The number of hydrogen-bond acceptors (Lipinski definition) is 4. The normalized spacial score (nSPS) is 31.8. The highest BCUT2D eigenvalue weighted by atomic mass is 16.7. The summed E-state index contributed by atoms with van der Waals surface area (Å²) in [5.41, 5.74) is 2.31. The number of hydrogen-bond donors (Lipinski definition) is 1. The maximum atomic E-state index is 9.99. The number of ether oxygens (including phenoxy) is 3. The number of aryl methyl sites for hydroxylation is 1. The van der Waals surface area contributed by atoms with Crippen LogP contribution in [0.4, 0.5) is 0 Å². The highest BCUT2D eigenvalue weighted by molar-refractivity contribution is 5.24. The van der Waals surface area contributed by atoms with E-state index in [0.717, 1.165) is 5.56 Å². The van der Waals surface area contributed by atoms with E-state index in [2.05, 4.69) is 0 Å². The lowest BCUT2D eigenvalue weighted by atomic mass is 10.1. The average molecular weight is 252 g/mol. The summed E-state index contributed by atoms with van der Waals surface area (Å²) < 4.78 is 16.3. The third kappa shape index (κ3) is 2.72. The first-order valence-corrected chi connectivity index (χ1v) is 6.16. The van der Waals surface area contributed by atoms with Crippen molar-refractivity contribution < 1.29 is 19.3 Å². The van der Waals surface area contributed by atoms with Gasteiger partial charge in [0.25, 0.3) is 0 Å². The molecule has 1 aromatic rings. The van der Waals surface area contributed by atoms with Crippen molar-refractivity contribution in [2.75, 3.05) is 7.11 Å². The van der Waals surface area contributed by atoms with Crippen LogP contribution in [0.5, 0.6) is 0 Å². The van der Waals surface area contributed by atoms with E-state index in [1.807, 2.05) is 38.1 Å². The van der Waals surface area contributed by atoms with Gasteiger partial charge in [-0.3, -0.25) is 0 Å². The molecule has 1 unspecified atom stereocenters. The molecule has 1 heterocycles. The van der Waals surface area contributed by atoms with Gasteiger partial charge in [-0.05, 0) is 25.0 Å². The number of aliphatic hydroxyl groups excluding tert-OH is 1. The van der Waals surface area contributed by atoms with E-state index < -0.39 is 12.4 Å². The first-order valence-electron chi connectivity index (χ1n) is 6.16. The molecule has 1 saturated heterocycles. The zero-order valence-corrected chi connectivity index (χ0v) is 11.0. The summed E-state index contributed by atoms with van der Waals surface area (Å²) in [7, 11) is 1.52. The Hall–Kier alpha value is -0.940. The van der Waals surface area contributed by atoms with Gasteiger partial charge < -0.3 is 19.3 Å². The first-order chi connectivity index (χ1) is 8.63. The molecule has 0 saturated carbocycles. The molecular weight excluding hydrogens is 232 g/mol. The highest BCUT2D eigenvalue weighted by Gasteiger charge is 2.42. The Morgan fingerprint density at radius 1 is 1.33 bits per heavy atom. The fourth-order valence-electron chi connectivity index (χ4n) is 2.19. The molecule has 1 aliphatic heterocycles. The van der Waals surface area contributed by atoms with Gasteiger partial charge in [0.1, 0.15) is 12.2 Å². The summed E-state index contributed by atoms with van der Waals surface area (Å²) in [6.45, 7) is 4.39. The largest absolute Gasteiger partial charge is 0.385 e. The van der Waals surface area contributed by atoms with Gasteiger partial charge in [-0.1, -0.05) is 24.3 Å². The topological polar surface area (TPSA) is 47.9 Å². The molecule has 0 bridgehead atoms. The van der Waals surface area contributed by atoms with Gasteiger partial charge in [0, 0.05) is 7.11 Å². The Balaban J connectivity index is 1.96. The summed E-state index contributed by atoms with van der Waals surface area (Å²) in [5, 5.41) is 9.99. The Kier molecular flexibility index (Phi) is 4.35. The maximum absolute atomic E-state index is 9.99. The second kappa shape index (κ2) is 5.80. The van der Waals surface area contributed by atoms with Crippen LogP contribution in [0.3, 0.4) is 0 Å². The van der Waals surface area contributed by atoms with Crippen molar-refractivity contribution in [1.82, 2.24) is 0 Å². The average Bonchev–Trinajstić information content (AvgIpc) is 2.64. The van der Waals surface area contributed by atoms with E-state index in [-0.39, 0.29) is 12.2 Å². The molecule has 0 spiro atoms. The lowest BCUT2D eigenvalue weighted by molar-refractivity contribution is -0.146. The van der Waals surface area contributed by atoms with E-state index >= 15 is 0 Å². The van der Waals surface area contributed by atoms with E-state index in [4.69, 9.17) is 14.2 Å². The van der Waals surface area contributed by atoms with Crippen molar-refractivity contribution in [3.63, 3.8) is 0 Å². The second-order valence-electron chi connectivity index (χ2n) is 4.64. The predicted molar refractivity (Wildman–Crippen MR) is 67.1 cm³/mol. The lowest BCUT2D eigenvalue weighted by Crippen LogP contribution is -2.34. The molecule has 1 aliphatic rings. The molecule has 4 nitrogen and oxygen atoms in total. The fraction of sp³-hybridized carbons (Fsp3) is 0.571. The molecule has 4 atom stereocenters. The van der Waals surface area contributed by atoms with Crippen molar-refractivity contribution in [3.05, 3.63) is 35.4 Å². The minimum Gasteiger partial charge on any atom is -0.385 e. The summed E-state index contributed by atoms with van der Waals surface area (Å²) >= 11 is 0. The molecular formula is C14H20O4. The smallest absolute Gasteiger partial charge is 0.186 e. The highest BCUT2D eigenvalue weighted by Crippen LogP contribution is 2.25. The number of aliphatic hydroxyl groups is 1. The fourth-order valence-corrected chi connectivity index (χ4v) is 2.19. The summed E-state index contributed by atoms with van der Waals surface area (Å²) in [4.78, 5) is 0. The summed E-state index contributed by atoms with van der Waals surface area (Å²) in [6, 6.07) is 8.04. The van der Waals surface area contributed by atoms with E-state index in [0.29, 0.717) is 6.61 Å². The summed E-state index contributed by atoms with van der Waals surface area (Å²) in [6.07, 6.45) is -1.86. The standard InChI is InChI=1S/C14H20O4/c1-9-6-4-5-7-11(9)8-17-13-10(2)18-14(16-3)12(13)15/h4-7,10,12-15H,8H2,1-3H3/t10-,12-,13+,14?/m1/s1. The zero-order valence-electron chi connectivity index (χ0n) is 11.0. The molecule has 1 fully saturated rings. The van der Waals surface area contributed by atoms with Crippen molar-refractivity contribution in [3.8, 4) is 0 Å². The van der Waals surface area contributed by atoms with Gasteiger partial charge in [0.15, 0.2) is 6.29 Å². The molecule has 1 N–H and O–H groups in total. The molecule has 1 aromatic carbocycles.